The summed E-state index contributed by atoms with van der Waals surface area (Å²) in [6, 6.07) is 5.65. The lowest BCUT2D eigenvalue weighted by Crippen LogP contribution is -2.09. The van der Waals surface area contributed by atoms with Crippen LogP contribution in [-0.2, 0) is 4.74 Å². The van der Waals surface area contributed by atoms with Crippen molar-refractivity contribution in [1.29, 1.82) is 0 Å². The molecule has 0 fully saturated rings. The topological polar surface area (TPSA) is 43.4 Å². The van der Waals surface area contributed by atoms with Crippen LogP contribution in [0.1, 0.15) is 6.92 Å². The van der Waals surface area contributed by atoms with E-state index in [0.29, 0.717) is 19.1 Å². The SMILES string of the molecule is CCOc1cccc(NCCOC)n1. The molecule has 14 heavy (non-hydrogen) atoms. The molecule has 0 aliphatic rings. The lowest BCUT2D eigenvalue weighted by atomic mass is 10.4. The van der Waals surface area contributed by atoms with Gasteiger partial charge < -0.3 is 14.8 Å². The zero-order valence-corrected chi connectivity index (χ0v) is 8.62. The van der Waals surface area contributed by atoms with Crippen molar-refractivity contribution in [2.45, 2.75) is 6.92 Å². The molecule has 1 heterocycles. The number of hydrogen-bond donors (Lipinski definition) is 1. The predicted molar refractivity (Wildman–Crippen MR) is 55.8 cm³/mol. The molecule has 0 saturated heterocycles. The van der Waals surface area contributed by atoms with Crippen LogP contribution in [0.15, 0.2) is 18.2 Å². The Morgan fingerprint density at radius 2 is 2.29 bits per heavy atom. The predicted octanol–water partition coefficient (Wildman–Crippen LogP) is 1.54. The Hall–Kier alpha value is -1.29. The van der Waals surface area contributed by atoms with Crippen molar-refractivity contribution in [2.75, 3.05) is 32.2 Å². The van der Waals surface area contributed by atoms with E-state index in [1.54, 1.807) is 7.11 Å². The minimum Gasteiger partial charge on any atom is -0.478 e. The first-order valence-corrected chi connectivity index (χ1v) is 4.69. The minimum atomic E-state index is 0.633. The van der Waals surface area contributed by atoms with Crippen LogP contribution in [0.3, 0.4) is 0 Å². The second-order valence-corrected chi connectivity index (χ2v) is 2.71. The third kappa shape index (κ3) is 3.62. The van der Waals surface area contributed by atoms with Crippen LogP contribution in [0.5, 0.6) is 5.88 Å². The average Bonchev–Trinajstić information content (AvgIpc) is 2.19. The molecule has 0 amide bonds. The van der Waals surface area contributed by atoms with Crippen molar-refractivity contribution < 1.29 is 9.47 Å². The molecule has 1 aromatic rings. The standard InChI is InChI=1S/C10H16N2O2/c1-3-14-10-6-4-5-9(12-10)11-7-8-13-2/h4-6H,3,7-8H2,1-2H3,(H,11,12). The van der Waals surface area contributed by atoms with Gasteiger partial charge in [-0.1, -0.05) is 6.07 Å². The van der Waals surface area contributed by atoms with E-state index in [2.05, 4.69) is 10.3 Å². The van der Waals surface area contributed by atoms with Gasteiger partial charge in [-0.2, -0.15) is 4.98 Å². The molecule has 0 bridgehead atoms. The molecule has 0 aliphatic carbocycles. The molecule has 0 aliphatic heterocycles. The molecule has 1 N–H and O–H groups in total. The lowest BCUT2D eigenvalue weighted by molar-refractivity contribution is 0.210. The number of anilines is 1. The number of nitrogens with one attached hydrogen (secondary N) is 1. The van der Waals surface area contributed by atoms with Crippen LogP contribution < -0.4 is 10.1 Å². The number of rotatable bonds is 6. The summed E-state index contributed by atoms with van der Waals surface area (Å²) in [5, 5.41) is 3.13. The van der Waals surface area contributed by atoms with Crippen LogP contribution in [0.2, 0.25) is 0 Å². The average molecular weight is 196 g/mol. The van der Waals surface area contributed by atoms with E-state index in [9.17, 15) is 0 Å². The van der Waals surface area contributed by atoms with Crippen molar-refractivity contribution in [1.82, 2.24) is 4.98 Å². The fraction of sp³-hybridized carbons (Fsp3) is 0.500. The van der Waals surface area contributed by atoms with Gasteiger partial charge in [-0.25, -0.2) is 0 Å². The zero-order chi connectivity index (χ0) is 10.2. The van der Waals surface area contributed by atoms with Crippen LogP contribution in [0, 0.1) is 0 Å². The minimum absolute atomic E-state index is 0.633. The lowest BCUT2D eigenvalue weighted by Gasteiger charge is -2.06. The third-order valence-electron chi connectivity index (χ3n) is 1.63. The molecule has 0 atom stereocenters. The molecule has 1 aromatic heterocycles. The molecule has 0 saturated carbocycles. The summed E-state index contributed by atoms with van der Waals surface area (Å²) in [4.78, 5) is 4.25. The summed E-state index contributed by atoms with van der Waals surface area (Å²) in [7, 11) is 1.67. The van der Waals surface area contributed by atoms with Crippen molar-refractivity contribution in [3.63, 3.8) is 0 Å². The normalized spacial score (nSPS) is 9.86. The highest BCUT2D eigenvalue weighted by atomic mass is 16.5. The quantitative estimate of drug-likeness (QED) is 0.701. The summed E-state index contributed by atoms with van der Waals surface area (Å²) in [5.74, 6) is 1.46. The van der Waals surface area contributed by atoms with Gasteiger partial charge in [0.25, 0.3) is 0 Å². The van der Waals surface area contributed by atoms with Gasteiger partial charge in [-0.05, 0) is 13.0 Å². The Balaban J connectivity index is 2.46. The maximum atomic E-state index is 5.27. The third-order valence-corrected chi connectivity index (χ3v) is 1.63. The van der Waals surface area contributed by atoms with Gasteiger partial charge in [0.1, 0.15) is 5.82 Å². The molecule has 4 nitrogen and oxygen atoms in total. The molecule has 0 unspecified atom stereocenters. The fourth-order valence-corrected chi connectivity index (χ4v) is 1.02. The van der Waals surface area contributed by atoms with Gasteiger partial charge in [0.2, 0.25) is 5.88 Å². The monoisotopic (exact) mass is 196 g/mol. The number of aromatic nitrogens is 1. The number of pyridine rings is 1. The molecule has 0 radical (unpaired) electrons. The van der Waals surface area contributed by atoms with E-state index >= 15 is 0 Å². The number of methoxy groups -OCH3 is 1. The van der Waals surface area contributed by atoms with E-state index in [-0.39, 0.29) is 0 Å². The van der Waals surface area contributed by atoms with Gasteiger partial charge in [0.05, 0.1) is 13.2 Å². The van der Waals surface area contributed by atoms with E-state index in [1.165, 1.54) is 0 Å². The smallest absolute Gasteiger partial charge is 0.215 e. The summed E-state index contributed by atoms with van der Waals surface area (Å²) in [6.45, 7) is 3.99. The molecular weight excluding hydrogens is 180 g/mol. The highest BCUT2D eigenvalue weighted by Crippen LogP contribution is 2.10. The van der Waals surface area contributed by atoms with Crippen molar-refractivity contribution in [3.8, 4) is 5.88 Å². The van der Waals surface area contributed by atoms with Crippen LogP contribution >= 0.6 is 0 Å². The number of hydrogen-bond acceptors (Lipinski definition) is 4. The van der Waals surface area contributed by atoms with Crippen molar-refractivity contribution >= 4 is 5.82 Å². The Bertz CT molecular complexity index is 266. The summed E-state index contributed by atoms with van der Waals surface area (Å²) in [6.07, 6.45) is 0. The fourth-order valence-electron chi connectivity index (χ4n) is 1.02. The van der Waals surface area contributed by atoms with E-state index < -0.39 is 0 Å². The van der Waals surface area contributed by atoms with Crippen LogP contribution in [0.4, 0.5) is 5.82 Å². The van der Waals surface area contributed by atoms with Gasteiger partial charge >= 0.3 is 0 Å². The Kier molecular flexibility index (Phi) is 4.78. The Morgan fingerprint density at radius 3 is 3.00 bits per heavy atom. The molecule has 0 aromatic carbocycles. The zero-order valence-electron chi connectivity index (χ0n) is 8.62. The maximum Gasteiger partial charge on any atom is 0.215 e. The first-order valence-electron chi connectivity index (χ1n) is 4.69. The van der Waals surface area contributed by atoms with E-state index in [0.717, 1.165) is 12.4 Å². The number of ether oxygens (including phenoxy) is 2. The molecule has 4 heteroatoms. The van der Waals surface area contributed by atoms with Crippen molar-refractivity contribution in [2.24, 2.45) is 0 Å². The second-order valence-electron chi connectivity index (χ2n) is 2.71. The van der Waals surface area contributed by atoms with Crippen LogP contribution in [0.25, 0.3) is 0 Å². The van der Waals surface area contributed by atoms with Gasteiger partial charge in [-0.15, -0.1) is 0 Å². The first kappa shape index (κ1) is 10.8. The molecular formula is C10H16N2O2. The molecule has 1 rings (SSSR count). The highest BCUT2D eigenvalue weighted by molar-refractivity contribution is 5.36. The van der Waals surface area contributed by atoms with Crippen molar-refractivity contribution in [3.05, 3.63) is 18.2 Å². The summed E-state index contributed by atoms with van der Waals surface area (Å²) < 4.78 is 10.2. The maximum absolute atomic E-state index is 5.27. The molecule has 0 spiro atoms. The first-order chi connectivity index (χ1) is 6.86. The van der Waals surface area contributed by atoms with Gasteiger partial charge in [0.15, 0.2) is 0 Å². The second kappa shape index (κ2) is 6.21. The van der Waals surface area contributed by atoms with E-state index in [4.69, 9.17) is 9.47 Å². The Labute approximate surface area is 84.3 Å². The highest BCUT2D eigenvalue weighted by Gasteiger charge is 1.96. The summed E-state index contributed by atoms with van der Waals surface area (Å²) >= 11 is 0. The molecule has 78 valence electrons. The number of nitrogens with zero attached hydrogens (tertiary/aromatic N) is 1. The van der Waals surface area contributed by atoms with Crippen LogP contribution in [-0.4, -0.2) is 31.9 Å². The summed E-state index contributed by atoms with van der Waals surface area (Å²) in [5.41, 5.74) is 0. The van der Waals surface area contributed by atoms with E-state index in [1.807, 2.05) is 25.1 Å². The van der Waals surface area contributed by atoms with Gasteiger partial charge in [0, 0.05) is 19.7 Å². The Morgan fingerprint density at radius 1 is 1.43 bits per heavy atom. The largest absolute Gasteiger partial charge is 0.478 e. The van der Waals surface area contributed by atoms with Gasteiger partial charge in [-0.3, -0.25) is 0 Å².